The molecule has 0 aromatic rings. The molecule has 0 bridgehead atoms. The maximum absolute atomic E-state index is 12.0. The first-order chi connectivity index (χ1) is 9.41. The van der Waals surface area contributed by atoms with Gasteiger partial charge in [-0.05, 0) is 19.8 Å². The Morgan fingerprint density at radius 1 is 1.45 bits per heavy atom. The lowest BCUT2D eigenvalue weighted by molar-refractivity contribution is -0.134. The lowest BCUT2D eigenvalue weighted by atomic mass is 10.1. The molecular formula is C12H25N3O4S. The number of hydrogen-bond donors (Lipinski definition) is 2. The first-order valence-electron chi connectivity index (χ1n) is 6.92. The number of rotatable bonds is 7. The Labute approximate surface area is 120 Å². The molecule has 0 saturated carbocycles. The second kappa shape index (κ2) is 7.92. The molecule has 20 heavy (non-hydrogen) atoms. The average Bonchev–Trinajstić information content (AvgIpc) is 2.45. The van der Waals surface area contributed by atoms with Crippen molar-refractivity contribution >= 4 is 15.9 Å². The summed E-state index contributed by atoms with van der Waals surface area (Å²) < 4.78 is 30.7. The second-order valence-electron chi connectivity index (χ2n) is 4.97. The fourth-order valence-corrected chi connectivity index (χ4v) is 3.08. The number of carbonyl (C=O) groups is 1. The molecule has 0 spiro atoms. The molecule has 3 N–H and O–H groups in total. The van der Waals surface area contributed by atoms with Crippen LogP contribution in [0.15, 0.2) is 0 Å². The summed E-state index contributed by atoms with van der Waals surface area (Å²) in [6, 6.07) is -0.0725. The first kappa shape index (κ1) is 17.4. The van der Waals surface area contributed by atoms with E-state index >= 15 is 0 Å². The number of hydrogen-bond acceptors (Lipinski definition) is 5. The number of nitrogens with two attached hydrogens (primary N) is 1. The van der Waals surface area contributed by atoms with Crippen LogP contribution in [0.5, 0.6) is 0 Å². The number of likely N-dealkylation sites (tertiary alicyclic amines) is 1. The van der Waals surface area contributed by atoms with Crippen molar-refractivity contribution in [3.63, 3.8) is 0 Å². The van der Waals surface area contributed by atoms with Gasteiger partial charge in [0.15, 0.2) is 0 Å². The molecule has 1 fully saturated rings. The summed E-state index contributed by atoms with van der Waals surface area (Å²) in [4.78, 5) is 13.8. The normalized spacial score (nSPS) is 19.1. The molecule has 0 aliphatic carbocycles. The van der Waals surface area contributed by atoms with Crippen LogP contribution >= 0.6 is 0 Å². The van der Waals surface area contributed by atoms with Crippen molar-refractivity contribution in [1.82, 2.24) is 9.62 Å². The third-order valence-electron chi connectivity index (χ3n) is 3.57. The van der Waals surface area contributed by atoms with Crippen LogP contribution in [-0.4, -0.2) is 63.9 Å². The molecule has 1 rings (SSSR count). The molecule has 8 heteroatoms. The van der Waals surface area contributed by atoms with Gasteiger partial charge >= 0.3 is 0 Å². The molecule has 1 saturated heterocycles. The van der Waals surface area contributed by atoms with Crippen LogP contribution in [0.4, 0.5) is 0 Å². The van der Waals surface area contributed by atoms with Crippen molar-refractivity contribution < 1.29 is 17.9 Å². The van der Waals surface area contributed by atoms with E-state index in [4.69, 9.17) is 10.5 Å². The van der Waals surface area contributed by atoms with Gasteiger partial charge in [0.2, 0.25) is 15.9 Å². The minimum absolute atomic E-state index is 0.0131. The maximum atomic E-state index is 12.0. The summed E-state index contributed by atoms with van der Waals surface area (Å²) in [7, 11) is -1.64. The second-order valence-corrected chi connectivity index (χ2v) is 7.02. The predicted octanol–water partition coefficient (Wildman–Crippen LogP) is -0.719. The van der Waals surface area contributed by atoms with Crippen molar-refractivity contribution in [2.45, 2.75) is 38.3 Å². The molecule has 1 aliphatic heterocycles. The SMILES string of the molecule is CCS(=O)(=O)NC1CCN(C(=O)CC(CN)OC)CC1. The van der Waals surface area contributed by atoms with Gasteiger partial charge in [-0.1, -0.05) is 0 Å². The number of sulfonamides is 1. The van der Waals surface area contributed by atoms with Crippen LogP contribution < -0.4 is 10.5 Å². The third kappa shape index (κ3) is 5.35. The fraction of sp³-hybridized carbons (Fsp3) is 0.917. The maximum Gasteiger partial charge on any atom is 0.225 e. The van der Waals surface area contributed by atoms with E-state index in [1.165, 1.54) is 7.11 Å². The Morgan fingerprint density at radius 2 is 2.05 bits per heavy atom. The fourth-order valence-electron chi connectivity index (χ4n) is 2.17. The molecule has 0 aromatic heterocycles. The van der Waals surface area contributed by atoms with Crippen molar-refractivity contribution in [2.24, 2.45) is 5.73 Å². The van der Waals surface area contributed by atoms with E-state index in [2.05, 4.69) is 4.72 Å². The van der Waals surface area contributed by atoms with Crippen LogP contribution in [0.25, 0.3) is 0 Å². The summed E-state index contributed by atoms with van der Waals surface area (Å²) in [5.74, 6) is 0.0946. The molecule has 1 heterocycles. The smallest absolute Gasteiger partial charge is 0.225 e. The van der Waals surface area contributed by atoms with Gasteiger partial charge in [-0.2, -0.15) is 0 Å². The van der Waals surface area contributed by atoms with Crippen molar-refractivity contribution in [3.05, 3.63) is 0 Å². The topological polar surface area (TPSA) is 102 Å². The zero-order valence-corrected chi connectivity index (χ0v) is 13.0. The van der Waals surface area contributed by atoms with E-state index < -0.39 is 10.0 Å². The highest BCUT2D eigenvalue weighted by Gasteiger charge is 2.26. The highest BCUT2D eigenvalue weighted by Crippen LogP contribution is 2.13. The van der Waals surface area contributed by atoms with Crippen molar-refractivity contribution in [3.8, 4) is 0 Å². The molecule has 0 radical (unpaired) electrons. The minimum atomic E-state index is -3.17. The Morgan fingerprint density at radius 3 is 2.50 bits per heavy atom. The van der Waals surface area contributed by atoms with Crippen LogP contribution in [0.2, 0.25) is 0 Å². The van der Waals surface area contributed by atoms with Gasteiger partial charge in [0.1, 0.15) is 0 Å². The van der Waals surface area contributed by atoms with E-state index in [-0.39, 0.29) is 30.2 Å². The predicted molar refractivity (Wildman–Crippen MR) is 76.7 cm³/mol. The molecule has 1 atom stereocenters. The van der Waals surface area contributed by atoms with Crippen LogP contribution in [0.1, 0.15) is 26.2 Å². The summed E-state index contributed by atoms with van der Waals surface area (Å²) in [6.45, 7) is 3.06. The Bertz CT molecular complexity index is 401. The molecular weight excluding hydrogens is 282 g/mol. The highest BCUT2D eigenvalue weighted by molar-refractivity contribution is 7.89. The Kier molecular flexibility index (Phi) is 6.87. The van der Waals surface area contributed by atoms with Gasteiger partial charge in [0, 0.05) is 32.8 Å². The van der Waals surface area contributed by atoms with Crippen molar-refractivity contribution in [2.75, 3.05) is 32.5 Å². The minimum Gasteiger partial charge on any atom is -0.380 e. The zero-order chi connectivity index (χ0) is 15.2. The quantitative estimate of drug-likeness (QED) is 0.646. The summed E-state index contributed by atoms with van der Waals surface area (Å²) in [5, 5.41) is 0. The van der Waals surface area contributed by atoms with E-state index in [9.17, 15) is 13.2 Å². The van der Waals surface area contributed by atoms with E-state index in [0.717, 1.165) is 0 Å². The summed E-state index contributed by atoms with van der Waals surface area (Å²) in [6.07, 6.45) is 1.31. The number of piperidine rings is 1. The number of amides is 1. The number of nitrogens with zero attached hydrogens (tertiary/aromatic N) is 1. The molecule has 118 valence electrons. The standard InChI is InChI=1S/C12H25N3O4S/c1-3-20(17,18)14-10-4-6-15(7-5-10)12(16)8-11(9-13)19-2/h10-11,14H,3-9,13H2,1-2H3. The van der Waals surface area contributed by atoms with Gasteiger partial charge in [0.05, 0.1) is 18.3 Å². The molecule has 7 nitrogen and oxygen atoms in total. The summed E-state index contributed by atoms with van der Waals surface area (Å²) >= 11 is 0. The zero-order valence-electron chi connectivity index (χ0n) is 12.2. The number of methoxy groups -OCH3 is 1. The largest absolute Gasteiger partial charge is 0.380 e. The molecule has 1 amide bonds. The van der Waals surface area contributed by atoms with Crippen LogP contribution in [0, 0.1) is 0 Å². The van der Waals surface area contributed by atoms with Crippen molar-refractivity contribution in [1.29, 1.82) is 0 Å². The van der Waals surface area contributed by atoms with Gasteiger partial charge in [-0.15, -0.1) is 0 Å². The number of ether oxygens (including phenoxy) is 1. The molecule has 0 aromatic carbocycles. The van der Waals surface area contributed by atoms with E-state index in [1.54, 1.807) is 11.8 Å². The van der Waals surface area contributed by atoms with Gasteiger partial charge < -0.3 is 15.4 Å². The van der Waals surface area contributed by atoms with Crippen LogP contribution in [0.3, 0.4) is 0 Å². The van der Waals surface area contributed by atoms with Crippen LogP contribution in [-0.2, 0) is 19.6 Å². The highest BCUT2D eigenvalue weighted by atomic mass is 32.2. The number of nitrogens with one attached hydrogen (secondary N) is 1. The first-order valence-corrected chi connectivity index (χ1v) is 8.57. The lowest BCUT2D eigenvalue weighted by Crippen LogP contribution is -2.47. The van der Waals surface area contributed by atoms with Gasteiger partial charge in [-0.25, -0.2) is 13.1 Å². The van der Waals surface area contributed by atoms with E-state index in [1.807, 2.05) is 0 Å². The lowest BCUT2D eigenvalue weighted by Gasteiger charge is -2.32. The van der Waals surface area contributed by atoms with Gasteiger partial charge in [0.25, 0.3) is 0 Å². The van der Waals surface area contributed by atoms with E-state index in [0.29, 0.717) is 32.5 Å². The average molecular weight is 307 g/mol. The summed E-state index contributed by atoms with van der Waals surface area (Å²) in [5.41, 5.74) is 5.50. The Hall–Kier alpha value is -0.700. The third-order valence-corrected chi connectivity index (χ3v) is 5.02. The monoisotopic (exact) mass is 307 g/mol. The van der Waals surface area contributed by atoms with Gasteiger partial charge in [-0.3, -0.25) is 4.79 Å². The molecule has 1 aliphatic rings. The Balaban J connectivity index is 2.40. The number of carbonyl (C=O) groups excluding carboxylic acids is 1. The molecule has 1 unspecified atom stereocenters.